The Morgan fingerprint density at radius 2 is 2.08 bits per heavy atom. The van der Waals surface area contributed by atoms with Crippen molar-refractivity contribution in [2.24, 2.45) is 5.92 Å². The molecule has 26 heavy (non-hydrogen) atoms. The lowest BCUT2D eigenvalue weighted by Gasteiger charge is -2.41. The van der Waals surface area contributed by atoms with Crippen LogP contribution >= 0.6 is 0 Å². The first kappa shape index (κ1) is 17.7. The van der Waals surface area contributed by atoms with Gasteiger partial charge in [0.05, 0.1) is 0 Å². The van der Waals surface area contributed by atoms with Gasteiger partial charge in [-0.05, 0) is 57.1 Å². The van der Waals surface area contributed by atoms with Crippen molar-refractivity contribution in [1.29, 1.82) is 0 Å². The molecule has 0 bridgehead atoms. The zero-order chi connectivity index (χ0) is 17.8. The molecule has 3 saturated heterocycles. The maximum atomic E-state index is 13.2. The number of piperidine rings is 1. The second kappa shape index (κ2) is 7.88. The van der Waals surface area contributed by atoms with Crippen molar-refractivity contribution in [2.45, 2.75) is 50.1 Å². The third kappa shape index (κ3) is 3.69. The van der Waals surface area contributed by atoms with E-state index in [1.54, 1.807) is 12.4 Å². The molecule has 0 unspecified atom stereocenters. The van der Waals surface area contributed by atoms with E-state index < -0.39 is 0 Å². The van der Waals surface area contributed by atoms with Crippen LogP contribution in [0.15, 0.2) is 18.5 Å². The van der Waals surface area contributed by atoms with Gasteiger partial charge in [0.2, 0.25) is 11.9 Å². The van der Waals surface area contributed by atoms with E-state index in [1.807, 2.05) is 6.07 Å². The van der Waals surface area contributed by atoms with Crippen molar-refractivity contribution in [3.05, 3.63) is 18.5 Å². The first-order valence-electron chi connectivity index (χ1n) is 9.91. The largest absolute Gasteiger partial charge is 0.381 e. The molecule has 0 radical (unpaired) electrons. The summed E-state index contributed by atoms with van der Waals surface area (Å²) in [6.07, 6.45) is 9.64. The molecule has 142 valence electrons. The summed E-state index contributed by atoms with van der Waals surface area (Å²) in [4.78, 5) is 24.1. The molecule has 3 fully saturated rings. The summed E-state index contributed by atoms with van der Waals surface area (Å²) in [6, 6.07) is 2.03. The van der Waals surface area contributed by atoms with Crippen molar-refractivity contribution < 1.29 is 9.53 Å². The van der Waals surface area contributed by atoms with Crippen LogP contribution in [-0.4, -0.2) is 65.2 Å². The monoisotopic (exact) mass is 359 g/mol. The molecule has 3 aliphatic rings. The van der Waals surface area contributed by atoms with E-state index in [4.69, 9.17) is 4.74 Å². The van der Waals surface area contributed by atoms with E-state index in [0.717, 1.165) is 65.0 Å². The normalized spacial score (nSPS) is 29.9. The average molecular weight is 359 g/mol. The molecule has 7 heteroatoms. The molecule has 0 spiro atoms. The highest BCUT2D eigenvalue weighted by molar-refractivity contribution is 5.87. The minimum absolute atomic E-state index is 0.210. The number of fused-ring (bicyclic) bond motifs is 1. The Labute approximate surface area is 154 Å². The highest BCUT2D eigenvalue weighted by Gasteiger charge is 2.52. The van der Waals surface area contributed by atoms with Gasteiger partial charge in [0, 0.05) is 44.7 Å². The van der Waals surface area contributed by atoms with E-state index in [-0.39, 0.29) is 17.5 Å². The Morgan fingerprint density at radius 1 is 1.27 bits per heavy atom. The quantitative estimate of drug-likeness (QED) is 0.828. The number of ether oxygens (including phenoxy) is 1. The first-order valence-corrected chi connectivity index (χ1v) is 9.91. The number of nitrogens with zero attached hydrogens (tertiary/aromatic N) is 3. The second-order valence-electron chi connectivity index (χ2n) is 7.82. The Balaban J connectivity index is 1.40. The predicted octanol–water partition coefficient (Wildman–Crippen LogP) is 1.43. The van der Waals surface area contributed by atoms with E-state index >= 15 is 0 Å². The Hall–Kier alpha value is -1.73. The molecular weight excluding hydrogens is 330 g/mol. The fraction of sp³-hybridized carbons (Fsp3) is 0.737. The number of amides is 1. The van der Waals surface area contributed by atoms with Crippen LogP contribution in [0, 0.1) is 5.92 Å². The van der Waals surface area contributed by atoms with Crippen molar-refractivity contribution in [2.75, 3.05) is 38.2 Å². The zero-order valence-corrected chi connectivity index (χ0v) is 15.3. The van der Waals surface area contributed by atoms with Gasteiger partial charge in [-0.25, -0.2) is 9.97 Å². The van der Waals surface area contributed by atoms with Gasteiger partial charge >= 0.3 is 0 Å². The van der Waals surface area contributed by atoms with Gasteiger partial charge in [-0.1, -0.05) is 0 Å². The number of hydrogen-bond donors (Lipinski definition) is 2. The molecule has 0 saturated carbocycles. The highest BCUT2D eigenvalue weighted by Crippen LogP contribution is 2.38. The summed E-state index contributed by atoms with van der Waals surface area (Å²) >= 11 is 0. The lowest BCUT2D eigenvalue weighted by molar-refractivity contribution is -0.134. The molecule has 0 aliphatic carbocycles. The molecule has 4 rings (SSSR count). The summed E-state index contributed by atoms with van der Waals surface area (Å²) in [5.74, 6) is 1.41. The maximum Gasteiger partial charge on any atom is 0.240 e. The van der Waals surface area contributed by atoms with Gasteiger partial charge in [0.15, 0.2) is 0 Å². The lowest BCUT2D eigenvalue weighted by atomic mass is 9.84. The SMILES string of the molecule is O=C(NCC1CCOCC1)[C@@]12CCCCN1C[C@@H](Nc1ncccn1)C2. The Morgan fingerprint density at radius 3 is 2.88 bits per heavy atom. The summed E-state index contributed by atoms with van der Waals surface area (Å²) in [7, 11) is 0. The van der Waals surface area contributed by atoms with Crippen molar-refractivity contribution in [3.63, 3.8) is 0 Å². The summed E-state index contributed by atoms with van der Waals surface area (Å²) < 4.78 is 5.42. The predicted molar refractivity (Wildman–Crippen MR) is 98.8 cm³/mol. The number of carbonyl (C=O) groups excluding carboxylic acids is 1. The standard InChI is InChI=1S/C19H29N5O2/c25-17(22-13-15-4-10-26-11-5-15)19-6-1-2-9-24(19)14-16(12-19)23-18-20-7-3-8-21-18/h3,7-8,15-16H,1-2,4-6,9-14H2,(H,22,25)(H,20,21,23)/t16-,19-/m0/s1. The zero-order valence-electron chi connectivity index (χ0n) is 15.3. The van der Waals surface area contributed by atoms with Crippen LogP contribution in [0.5, 0.6) is 0 Å². The number of rotatable bonds is 5. The minimum atomic E-state index is -0.365. The first-order chi connectivity index (χ1) is 12.8. The number of nitrogens with one attached hydrogen (secondary N) is 2. The van der Waals surface area contributed by atoms with Gasteiger partial charge in [-0.15, -0.1) is 0 Å². The molecular formula is C19H29N5O2. The molecule has 3 aliphatic heterocycles. The number of aromatic nitrogens is 2. The fourth-order valence-electron chi connectivity index (χ4n) is 4.68. The van der Waals surface area contributed by atoms with E-state index in [1.165, 1.54) is 6.42 Å². The van der Waals surface area contributed by atoms with Crippen LogP contribution in [0.3, 0.4) is 0 Å². The van der Waals surface area contributed by atoms with E-state index in [0.29, 0.717) is 11.9 Å². The molecule has 4 heterocycles. The van der Waals surface area contributed by atoms with Crippen molar-refractivity contribution in [1.82, 2.24) is 20.2 Å². The van der Waals surface area contributed by atoms with Gasteiger partial charge in [-0.3, -0.25) is 9.69 Å². The molecule has 1 aromatic heterocycles. The number of anilines is 1. The summed E-state index contributed by atoms with van der Waals surface area (Å²) in [6.45, 7) is 4.29. The van der Waals surface area contributed by atoms with Gasteiger partial charge in [0.1, 0.15) is 5.54 Å². The van der Waals surface area contributed by atoms with Crippen LogP contribution < -0.4 is 10.6 Å². The van der Waals surface area contributed by atoms with Crippen LogP contribution in [-0.2, 0) is 9.53 Å². The maximum absolute atomic E-state index is 13.2. The van der Waals surface area contributed by atoms with Crippen LogP contribution in [0.1, 0.15) is 38.5 Å². The summed E-state index contributed by atoms with van der Waals surface area (Å²) in [5.41, 5.74) is -0.365. The molecule has 2 N–H and O–H groups in total. The summed E-state index contributed by atoms with van der Waals surface area (Å²) in [5, 5.41) is 6.70. The third-order valence-electron chi connectivity index (χ3n) is 6.11. The van der Waals surface area contributed by atoms with Crippen molar-refractivity contribution >= 4 is 11.9 Å². The van der Waals surface area contributed by atoms with Crippen molar-refractivity contribution in [3.8, 4) is 0 Å². The topological polar surface area (TPSA) is 79.4 Å². The Kier molecular flexibility index (Phi) is 5.36. The molecule has 1 amide bonds. The fourth-order valence-corrected chi connectivity index (χ4v) is 4.68. The Bertz CT molecular complexity index is 607. The molecule has 7 nitrogen and oxygen atoms in total. The number of carbonyl (C=O) groups is 1. The van der Waals surface area contributed by atoms with Crippen LogP contribution in [0.4, 0.5) is 5.95 Å². The third-order valence-corrected chi connectivity index (χ3v) is 6.11. The van der Waals surface area contributed by atoms with Gasteiger partial charge in [-0.2, -0.15) is 0 Å². The van der Waals surface area contributed by atoms with Crippen LogP contribution in [0.25, 0.3) is 0 Å². The second-order valence-corrected chi connectivity index (χ2v) is 7.82. The minimum Gasteiger partial charge on any atom is -0.381 e. The van der Waals surface area contributed by atoms with Crippen LogP contribution in [0.2, 0.25) is 0 Å². The van der Waals surface area contributed by atoms with E-state index in [9.17, 15) is 4.79 Å². The highest BCUT2D eigenvalue weighted by atomic mass is 16.5. The van der Waals surface area contributed by atoms with Gasteiger partial charge < -0.3 is 15.4 Å². The number of hydrogen-bond acceptors (Lipinski definition) is 6. The molecule has 1 aromatic rings. The lowest BCUT2D eigenvalue weighted by Crippen LogP contribution is -2.58. The average Bonchev–Trinajstić information content (AvgIpc) is 3.07. The molecule has 0 aromatic carbocycles. The van der Waals surface area contributed by atoms with Gasteiger partial charge in [0.25, 0.3) is 0 Å². The molecule has 2 atom stereocenters. The van der Waals surface area contributed by atoms with E-state index in [2.05, 4.69) is 25.5 Å². The smallest absolute Gasteiger partial charge is 0.240 e.